The summed E-state index contributed by atoms with van der Waals surface area (Å²) in [7, 11) is -3.23. The van der Waals surface area contributed by atoms with Gasteiger partial charge in [-0.2, -0.15) is 0 Å². The van der Waals surface area contributed by atoms with E-state index >= 15 is 0 Å². The zero-order valence-corrected chi connectivity index (χ0v) is 19.7. The van der Waals surface area contributed by atoms with Gasteiger partial charge in [0.2, 0.25) is 10.0 Å². The van der Waals surface area contributed by atoms with E-state index in [1.807, 2.05) is 4.31 Å². The SMILES string of the molecule is CCCC1(CS(=O)(=O)N2CCC3(CCc4ccccc43)CC2)CCC(C)C1(C)C. The molecule has 29 heavy (non-hydrogen) atoms. The van der Waals surface area contributed by atoms with Crippen LogP contribution in [0, 0.1) is 16.7 Å². The van der Waals surface area contributed by atoms with Crippen molar-refractivity contribution in [1.29, 1.82) is 0 Å². The van der Waals surface area contributed by atoms with Crippen LogP contribution in [0.15, 0.2) is 24.3 Å². The van der Waals surface area contributed by atoms with Crippen molar-refractivity contribution in [3.63, 3.8) is 0 Å². The summed E-state index contributed by atoms with van der Waals surface area (Å²) in [6.45, 7) is 10.5. The Morgan fingerprint density at radius 3 is 2.38 bits per heavy atom. The smallest absolute Gasteiger partial charge is 0.212 e. The van der Waals surface area contributed by atoms with Crippen molar-refractivity contribution in [3.05, 3.63) is 35.4 Å². The van der Waals surface area contributed by atoms with Crippen LogP contribution >= 0.6 is 0 Å². The van der Waals surface area contributed by atoms with Crippen LogP contribution in [-0.2, 0) is 21.9 Å². The maximum Gasteiger partial charge on any atom is 0.214 e. The van der Waals surface area contributed by atoms with E-state index in [0.717, 1.165) is 44.9 Å². The Kier molecular flexibility index (Phi) is 5.43. The van der Waals surface area contributed by atoms with E-state index in [-0.39, 0.29) is 16.2 Å². The molecule has 3 nitrogen and oxygen atoms in total. The molecule has 1 aromatic carbocycles. The molecule has 2 fully saturated rings. The van der Waals surface area contributed by atoms with Gasteiger partial charge in [-0.05, 0) is 78.2 Å². The fraction of sp³-hybridized carbons (Fsp3) is 0.760. The highest BCUT2D eigenvalue weighted by Gasteiger charge is 2.55. The van der Waals surface area contributed by atoms with Crippen molar-refractivity contribution in [2.24, 2.45) is 16.7 Å². The molecule has 1 aromatic rings. The number of sulfonamides is 1. The van der Waals surface area contributed by atoms with Crippen LogP contribution in [-0.4, -0.2) is 31.6 Å². The number of hydrogen-bond donors (Lipinski definition) is 0. The first-order valence-electron chi connectivity index (χ1n) is 11.7. The van der Waals surface area contributed by atoms with Gasteiger partial charge >= 0.3 is 0 Å². The molecule has 0 radical (unpaired) electrons. The zero-order valence-electron chi connectivity index (χ0n) is 18.8. The van der Waals surface area contributed by atoms with Gasteiger partial charge in [0.1, 0.15) is 0 Å². The van der Waals surface area contributed by atoms with E-state index in [1.54, 1.807) is 0 Å². The first-order valence-corrected chi connectivity index (χ1v) is 13.3. The van der Waals surface area contributed by atoms with Gasteiger partial charge in [-0.15, -0.1) is 0 Å². The van der Waals surface area contributed by atoms with Gasteiger partial charge in [0.15, 0.2) is 0 Å². The Labute approximate surface area is 178 Å². The molecule has 1 heterocycles. The Bertz CT molecular complexity index is 847. The minimum atomic E-state index is -3.23. The minimum absolute atomic E-state index is 0.0743. The molecular formula is C25H39NO2S. The molecule has 0 amide bonds. The highest BCUT2D eigenvalue weighted by Crippen LogP contribution is 2.59. The fourth-order valence-electron chi connectivity index (χ4n) is 6.87. The zero-order chi connectivity index (χ0) is 20.9. The maximum absolute atomic E-state index is 13.6. The van der Waals surface area contributed by atoms with Gasteiger partial charge in [0.25, 0.3) is 0 Å². The molecule has 3 aliphatic rings. The Hall–Kier alpha value is -0.870. The number of rotatable bonds is 5. The van der Waals surface area contributed by atoms with E-state index in [9.17, 15) is 8.42 Å². The standard InChI is InChI=1S/C25H39NO2S/c1-5-12-25(14-10-20(2)23(25,3)4)19-29(27,28)26-17-15-24(16-18-26)13-11-21-8-6-7-9-22(21)24/h6-9,20H,5,10-19H2,1-4H3. The Morgan fingerprint density at radius 1 is 1.07 bits per heavy atom. The molecule has 0 aromatic heterocycles. The predicted molar refractivity (Wildman–Crippen MR) is 121 cm³/mol. The van der Waals surface area contributed by atoms with E-state index in [1.165, 1.54) is 17.5 Å². The second kappa shape index (κ2) is 7.37. The average Bonchev–Trinajstić information content (AvgIpc) is 3.14. The van der Waals surface area contributed by atoms with E-state index < -0.39 is 10.0 Å². The molecule has 162 valence electrons. The number of piperidine rings is 1. The van der Waals surface area contributed by atoms with Crippen LogP contribution in [0.25, 0.3) is 0 Å². The van der Waals surface area contributed by atoms with E-state index in [2.05, 4.69) is 52.0 Å². The van der Waals surface area contributed by atoms with Gasteiger partial charge in [0.05, 0.1) is 5.75 Å². The van der Waals surface area contributed by atoms with Gasteiger partial charge in [-0.3, -0.25) is 0 Å². The number of hydrogen-bond acceptors (Lipinski definition) is 2. The third-order valence-electron chi connectivity index (χ3n) is 9.38. The molecule has 2 unspecified atom stereocenters. The second-order valence-corrected chi connectivity index (χ2v) is 12.8. The van der Waals surface area contributed by atoms with Gasteiger partial charge in [0, 0.05) is 13.1 Å². The number of benzene rings is 1. The summed E-state index contributed by atoms with van der Waals surface area (Å²) in [5, 5.41) is 0. The first kappa shape index (κ1) is 21.4. The summed E-state index contributed by atoms with van der Waals surface area (Å²) >= 11 is 0. The Balaban J connectivity index is 1.51. The molecule has 4 rings (SSSR count). The normalized spacial score (nSPS) is 31.2. The van der Waals surface area contributed by atoms with Crippen LogP contribution in [0.2, 0.25) is 0 Å². The lowest BCUT2D eigenvalue weighted by Crippen LogP contribution is -2.49. The van der Waals surface area contributed by atoms with Crippen molar-refractivity contribution in [1.82, 2.24) is 4.31 Å². The summed E-state index contributed by atoms with van der Waals surface area (Å²) in [4.78, 5) is 0. The average molecular weight is 418 g/mol. The lowest BCUT2D eigenvalue weighted by molar-refractivity contribution is 0.0860. The van der Waals surface area contributed by atoms with Crippen molar-refractivity contribution >= 4 is 10.0 Å². The quantitative estimate of drug-likeness (QED) is 0.631. The summed E-state index contributed by atoms with van der Waals surface area (Å²) in [5.41, 5.74) is 3.19. The number of aryl methyl sites for hydroxylation is 1. The van der Waals surface area contributed by atoms with Crippen molar-refractivity contribution < 1.29 is 8.42 Å². The van der Waals surface area contributed by atoms with Crippen LogP contribution < -0.4 is 0 Å². The third kappa shape index (κ3) is 3.39. The van der Waals surface area contributed by atoms with Crippen LogP contribution in [0.1, 0.15) is 83.8 Å². The topological polar surface area (TPSA) is 37.4 Å². The Morgan fingerprint density at radius 2 is 1.76 bits per heavy atom. The molecule has 2 atom stereocenters. The summed E-state index contributed by atoms with van der Waals surface area (Å²) < 4.78 is 29.0. The van der Waals surface area contributed by atoms with Gasteiger partial charge in [-0.25, -0.2) is 12.7 Å². The highest BCUT2D eigenvalue weighted by atomic mass is 32.2. The molecule has 1 saturated carbocycles. The van der Waals surface area contributed by atoms with Crippen molar-refractivity contribution in [3.8, 4) is 0 Å². The molecule has 1 saturated heterocycles. The first-order chi connectivity index (χ1) is 13.7. The third-order valence-corrected chi connectivity index (χ3v) is 11.4. The summed E-state index contributed by atoms with van der Waals surface area (Å²) in [6.07, 6.45) is 8.58. The van der Waals surface area contributed by atoms with Crippen molar-refractivity contribution in [2.75, 3.05) is 18.8 Å². The molecular weight excluding hydrogens is 378 g/mol. The van der Waals surface area contributed by atoms with Crippen LogP contribution in [0.4, 0.5) is 0 Å². The summed E-state index contributed by atoms with van der Waals surface area (Å²) in [6, 6.07) is 8.82. The molecule has 1 spiro atoms. The largest absolute Gasteiger partial charge is 0.214 e. The van der Waals surface area contributed by atoms with Crippen LogP contribution in [0.5, 0.6) is 0 Å². The monoisotopic (exact) mass is 417 g/mol. The second-order valence-electron chi connectivity index (χ2n) is 10.8. The lowest BCUT2D eigenvalue weighted by atomic mass is 9.64. The van der Waals surface area contributed by atoms with E-state index in [0.29, 0.717) is 24.8 Å². The predicted octanol–water partition coefficient (Wildman–Crippen LogP) is 5.54. The fourth-order valence-corrected chi connectivity index (χ4v) is 9.15. The highest BCUT2D eigenvalue weighted by molar-refractivity contribution is 7.89. The van der Waals surface area contributed by atoms with Gasteiger partial charge in [-0.1, -0.05) is 58.4 Å². The molecule has 1 aliphatic heterocycles. The van der Waals surface area contributed by atoms with Crippen LogP contribution in [0.3, 0.4) is 0 Å². The van der Waals surface area contributed by atoms with Crippen molar-refractivity contribution in [2.45, 2.75) is 84.5 Å². The van der Waals surface area contributed by atoms with E-state index in [4.69, 9.17) is 0 Å². The molecule has 0 N–H and O–H groups in total. The molecule has 4 heteroatoms. The minimum Gasteiger partial charge on any atom is -0.212 e. The number of nitrogens with zero attached hydrogens (tertiary/aromatic N) is 1. The summed E-state index contributed by atoms with van der Waals surface area (Å²) in [5.74, 6) is 0.929. The molecule has 2 aliphatic carbocycles. The number of fused-ring (bicyclic) bond motifs is 2. The molecule has 0 bridgehead atoms. The lowest BCUT2D eigenvalue weighted by Gasteiger charge is -2.46. The van der Waals surface area contributed by atoms with Gasteiger partial charge < -0.3 is 0 Å². The maximum atomic E-state index is 13.6.